The summed E-state index contributed by atoms with van der Waals surface area (Å²) in [6.45, 7) is 0.405. The van der Waals surface area contributed by atoms with Crippen LogP contribution in [0.2, 0.25) is 0 Å². The monoisotopic (exact) mass is 386 g/mol. The number of hydrogen-bond donors (Lipinski definition) is 2. The van der Waals surface area contributed by atoms with Crippen LogP contribution in [0.1, 0.15) is 6.42 Å². The fourth-order valence-corrected chi connectivity index (χ4v) is 2.98. The van der Waals surface area contributed by atoms with Gasteiger partial charge in [-0.1, -0.05) is 42.5 Å². The van der Waals surface area contributed by atoms with Crippen LogP contribution in [0.15, 0.2) is 78.9 Å². The average molecular weight is 386 g/mol. The molecule has 29 heavy (non-hydrogen) atoms. The van der Waals surface area contributed by atoms with E-state index >= 15 is 0 Å². The van der Waals surface area contributed by atoms with Crippen molar-refractivity contribution in [2.75, 3.05) is 17.2 Å². The zero-order valence-electron chi connectivity index (χ0n) is 15.6. The highest BCUT2D eigenvalue weighted by Gasteiger charge is 2.10. The lowest BCUT2D eigenvalue weighted by Crippen LogP contribution is -2.17. The summed E-state index contributed by atoms with van der Waals surface area (Å²) in [4.78, 5) is 21.5. The largest absolute Gasteiger partial charge is 0.369 e. The van der Waals surface area contributed by atoms with E-state index in [9.17, 15) is 9.18 Å². The van der Waals surface area contributed by atoms with Crippen molar-refractivity contribution in [3.05, 3.63) is 84.7 Å². The summed E-state index contributed by atoms with van der Waals surface area (Å²) in [6.07, 6.45) is 0.246. The number of hydrogen-bond acceptors (Lipinski definition) is 4. The molecule has 144 valence electrons. The van der Waals surface area contributed by atoms with Gasteiger partial charge in [-0.15, -0.1) is 0 Å². The number of aromatic nitrogens is 2. The molecule has 0 atom stereocenters. The Labute approximate surface area is 167 Å². The number of anilines is 2. The van der Waals surface area contributed by atoms with Crippen LogP contribution in [0.5, 0.6) is 0 Å². The average Bonchev–Trinajstić information content (AvgIpc) is 2.76. The van der Waals surface area contributed by atoms with Crippen LogP contribution in [0.25, 0.3) is 22.3 Å². The van der Waals surface area contributed by atoms with E-state index in [4.69, 9.17) is 0 Å². The molecule has 5 nitrogen and oxygen atoms in total. The van der Waals surface area contributed by atoms with Gasteiger partial charge in [-0.3, -0.25) is 4.79 Å². The maximum absolute atomic E-state index is 13.0. The zero-order chi connectivity index (χ0) is 20.1. The van der Waals surface area contributed by atoms with Crippen molar-refractivity contribution < 1.29 is 9.18 Å². The molecule has 0 aliphatic rings. The predicted octanol–water partition coefficient (Wildman–Crippen LogP) is 4.88. The lowest BCUT2D eigenvalue weighted by atomic mass is 10.2. The summed E-state index contributed by atoms with van der Waals surface area (Å²) in [7, 11) is 0. The highest BCUT2D eigenvalue weighted by molar-refractivity contribution is 5.92. The molecule has 1 amide bonds. The van der Waals surface area contributed by atoms with Crippen LogP contribution in [0.4, 0.5) is 15.9 Å². The van der Waals surface area contributed by atoms with Gasteiger partial charge in [0, 0.05) is 29.6 Å². The third kappa shape index (κ3) is 4.55. The number of rotatable bonds is 6. The highest BCUT2D eigenvalue weighted by Crippen LogP contribution is 2.24. The van der Waals surface area contributed by atoms with Crippen LogP contribution in [0, 0.1) is 5.82 Å². The second kappa shape index (κ2) is 8.48. The van der Waals surface area contributed by atoms with Crippen molar-refractivity contribution in [2.45, 2.75) is 6.42 Å². The molecule has 3 aromatic carbocycles. The van der Waals surface area contributed by atoms with Gasteiger partial charge in [-0.2, -0.15) is 0 Å². The summed E-state index contributed by atoms with van der Waals surface area (Å²) in [5.41, 5.74) is 2.32. The van der Waals surface area contributed by atoms with E-state index < -0.39 is 0 Å². The van der Waals surface area contributed by atoms with Gasteiger partial charge in [-0.25, -0.2) is 14.4 Å². The minimum absolute atomic E-state index is 0.161. The molecule has 4 rings (SSSR count). The third-order valence-corrected chi connectivity index (χ3v) is 4.41. The Morgan fingerprint density at radius 3 is 2.38 bits per heavy atom. The molecular formula is C23H19FN4O. The first-order chi connectivity index (χ1) is 14.2. The molecule has 0 aliphatic heterocycles. The number of halogens is 1. The second-order valence-corrected chi connectivity index (χ2v) is 6.51. The molecule has 0 aliphatic carbocycles. The SMILES string of the molecule is O=C(CCNc1nc(-c2ccccc2)nc2ccccc12)Nc1ccc(F)cc1. The molecule has 2 N–H and O–H groups in total. The van der Waals surface area contributed by atoms with E-state index in [2.05, 4.69) is 20.6 Å². The molecule has 0 spiro atoms. The van der Waals surface area contributed by atoms with E-state index in [1.165, 1.54) is 24.3 Å². The van der Waals surface area contributed by atoms with Gasteiger partial charge in [0.05, 0.1) is 5.52 Å². The van der Waals surface area contributed by atoms with Gasteiger partial charge in [0.1, 0.15) is 11.6 Å². The first kappa shape index (κ1) is 18.6. The Morgan fingerprint density at radius 2 is 1.59 bits per heavy atom. The maximum Gasteiger partial charge on any atom is 0.226 e. The topological polar surface area (TPSA) is 66.9 Å². The fourth-order valence-electron chi connectivity index (χ4n) is 2.98. The van der Waals surface area contributed by atoms with E-state index in [-0.39, 0.29) is 18.1 Å². The molecule has 4 aromatic rings. The molecule has 0 saturated heterocycles. The summed E-state index contributed by atoms with van der Waals surface area (Å²) in [5.74, 6) is 0.812. The smallest absolute Gasteiger partial charge is 0.226 e. The number of para-hydroxylation sites is 1. The lowest BCUT2D eigenvalue weighted by Gasteiger charge is -2.11. The number of carbonyl (C=O) groups is 1. The van der Waals surface area contributed by atoms with Crippen molar-refractivity contribution in [1.29, 1.82) is 0 Å². The number of amides is 1. The van der Waals surface area contributed by atoms with Gasteiger partial charge in [0.25, 0.3) is 0 Å². The van der Waals surface area contributed by atoms with E-state index in [0.29, 0.717) is 23.9 Å². The maximum atomic E-state index is 13.0. The molecule has 0 radical (unpaired) electrons. The van der Waals surface area contributed by atoms with Gasteiger partial charge in [-0.05, 0) is 36.4 Å². The van der Waals surface area contributed by atoms with Crippen molar-refractivity contribution in [3.8, 4) is 11.4 Å². The van der Waals surface area contributed by atoms with Crippen LogP contribution < -0.4 is 10.6 Å². The van der Waals surface area contributed by atoms with E-state index in [0.717, 1.165) is 16.5 Å². The number of fused-ring (bicyclic) bond motifs is 1. The fraction of sp³-hybridized carbons (Fsp3) is 0.0870. The Bertz CT molecular complexity index is 1130. The van der Waals surface area contributed by atoms with Gasteiger partial charge < -0.3 is 10.6 Å². The summed E-state index contributed by atoms with van der Waals surface area (Å²) < 4.78 is 13.0. The number of carbonyl (C=O) groups excluding carboxylic acids is 1. The van der Waals surface area contributed by atoms with Crippen LogP contribution in [-0.2, 0) is 4.79 Å². The number of nitrogens with zero attached hydrogens (tertiary/aromatic N) is 2. The Morgan fingerprint density at radius 1 is 0.862 bits per heavy atom. The second-order valence-electron chi connectivity index (χ2n) is 6.51. The van der Waals surface area contributed by atoms with Crippen LogP contribution in [-0.4, -0.2) is 22.4 Å². The molecule has 1 heterocycles. The first-order valence-corrected chi connectivity index (χ1v) is 9.30. The summed E-state index contributed by atoms with van der Waals surface area (Å²) in [6, 6.07) is 23.2. The normalized spacial score (nSPS) is 10.7. The van der Waals surface area contributed by atoms with Gasteiger partial charge in [0.2, 0.25) is 5.91 Å². The zero-order valence-corrected chi connectivity index (χ0v) is 15.6. The third-order valence-electron chi connectivity index (χ3n) is 4.41. The first-order valence-electron chi connectivity index (χ1n) is 9.30. The lowest BCUT2D eigenvalue weighted by molar-refractivity contribution is -0.115. The van der Waals surface area contributed by atoms with Gasteiger partial charge >= 0.3 is 0 Å². The number of benzene rings is 3. The van der Waals surface area contributed by atoms with Crippen molar-refractivity contribution in [1.82, 2.24) is 9.97 Å². The van der Waals surface area contributed by atoms with Gasteiger partial charge in [0.15, 0.2) is 5.82 Å². The molecule has 0 bridgehead atoms. The minimum Gasteiger partial charge on any atom is -0.369 e. The van der Waals surface area contributed by atoms with E-state index in [1.54, 1.807) is 0 Å². The van der Waals surface area contributed by atoms with Crippen LogP contribution >= 0.6 is 0 Å². The Hall–Kier alpha value is -3.80. The quantitative estimate of drug-likeness (QED) is 0.496. The molecule has 0 saturated carbocycles. The highest BCUT2D eigenvalue weighted by atomic mass is 19.1. The van der Waals surface area contributed by atoms with Crippen molar-refractivity contribution >= 4 is 28.3 Å². The molecule has 6 heteroatoms. The van der Waals surface area contributed by atoms with E-state index in [1.807, 2.05) is 54.6 Å². The molecule has 1 aromatic heterocycles. The molecule has 0 unspecified atom stereocenters. The summed E-state index contributed by atoms with van der Waals surface area (Å²) >= 11 is 0. The minimum atomic E-state index is -0.338. The molecule has 0 fully saturated rings. The Kier molecular flexibility index (Phi) is 5.42. The summed E-state index contributed by atoms with van der Waals surface area (Å²) in [5, 5.41) is 6.90. The Balaban J connectivity index is 1.48. The van der Waals surface area contributed by atoms with Crippen molar-refractivity contribution in [2.24, 2.45) is 0 Å². The standard InChI is InChI=1S/C23H19FN4O/c24-17-10-12-18(13-11-17)26-21(29)14-15-25-23-19-8-4-5-9-20(19)27-22(28-23)16-6-2-1-3-7-16/h1-13H,14-15H2,(H,26,29)(H,25,27,28). The van der Waals surface area contributed by atoms with Crippen molar-refractivity contribution in [3.63, 3.8) is 0 Å². The van der Waals surface area contributed by atoms with Crippen LogP contribution in [0.3, 0.4) is 0 Å². The molecular weight excluding hydrogens is 367 g/mol. The predicted molar refractivity (Wildman–Crippen MR) is 113 cm³/mol. The number of nitrogens with one attached hydrogen (secondary N) is 2.